The molecule has 0 saturated carbocycles. The number of hydrogen-bond acceptors (Lipinski definition) is 6. The van der Waals surface area contributed by atoms with Crippen LogP contribution in [0.2, 0.25) is 0 Å². The van der Waals surface area contributed by atoms with E-state index in [4.69, 9.17) is 4.98 Å². The zero-order chi connectivity index (χ0) is 20.0. The second-order valence-electron chi connectivity index (χ2n) is 7.39. The SMILES string of the molecule is Cc1ccc2nc(N3CC(C(=O)Nc4cccc(-c5csc(C)n5)c4)C3)sc2c1. The normalized spacial score (nSPS) is 14.2. The fourth-order valence-corrected chi connectivity index (χ4v) is 5.16. The number of rotatable bonds is 4. The molecule has 0 bridgehead atoms. The van der Waals surface area contributed by atoms with Crippen LogP contribution in [0.5, 0.6) is 0 Å². The van der Waals surface area contributed by atoms with E-state index in [-0.39, 0.29) is 11.8 Å². The quantitative estimate of drug-likeness (QED) is 0.498. The van der Waals surface area contributed by atoms with Crippen molar-refractivity contribution in [1.29, 1.82) is 0 Å². The minimum atomic E-state index is -0.0195. The number of nitrogens with zero attached hydrogens (tertiary/aromatic N) is 3. The molecule has 1 aliphatic rings. The molecule has 0 spiro atoms. The molecule has 1 N–H and O–H groups in total. The van der Waals surface area contributed by atoms with Crippen LogP contribution < -0.4 is 10.2 Å². The van der Waals surface area contributed by atoms with Crippen LogP contribution in [0.4, 0.5) is 10.8 Å². The van der Waals surface area contributed by atoms with Gasteiger partial charge in [0.2, 0.25) is 5.91 Å². The van der Waals surface area contributed by atoms with E-state index in [0.717, 1.165) is 32.6 Å². The number of carbonyl (C=O) groups excluding carboxylic acids is 1. The third-order valence-corrected chi connectivity index (χ3v) is 6.95. The highest BCUT2D eigenvalue weighted by Crippen LogP contribution is 2.34. The zero-order valence-electron chi connectivity index (χ0n) is 16.2. The minimum Gasteiger partial charge on any atom is -0.346 e. The Hall–Kier alpha value is -2.77. The molecule has 5 rings (SSSR count). The molecule has 7 heteroatoms. The summed E-state index contributed by atoms with van der Waals surface area (Å²) in [4.78, 5) is 24.1. The van der Waals surface area contributed by atoms with Gasteiger partial charge in [0.15, 0.2) is 5.13 Å². The number of nitrogens with one attached hydrogen (secondary N) is 1. The highest BCUT2D eigenvalue weighted by atomic mass is 32.1. The van der Waals surface area contributed by atoms with Gasteiger partial charge >= 0.3 is 0 Å². The number of anilines is 2. The molecular weight excluding hydrogens is 400 g/mol. The van der Waals surface area contributed by atoms with Crippen molar-refractivity contribution in [3.63, 3.8) is 0 Å². The van der Waals surface area contributed by atoms with Crippen LogP contribution in [0.1, 0.15) is 10.6 Å². The van der Waals surface area contributed by atoms with Crippen molar-refractivity contribution >= 4 is 49.6 Å². The van der Waals surface area contributed by atoms with E-state index in [9.17, 15) is 4.79 Å². The Balaban J connectivity index is 1.23. The standard InChI is InChI=1S/C22H20N4OS2/c1-13-6-7-18-20(8-13)29-22(25-18)26-10-16(11-26)21(27)24-17-5-3-4-15(9-17)19-12-28-14(2)23-19/h3-9,12,16H,10-11H2,1-2H3,(H,24,27). The summed E-state index contributed by atoms with van der Waals surface area (Å²) < 4.78 is 1.20. The molecule has 1 aliphatic heterocycles. The molecule has 2 aromatic heterocycles. The van der Waals surface area contributed by atoms with E-state index in [2.05, 4.69) is 40.3 Å². The van der Waals surface area contributed by atoms with Crippen LogP contribution in [0.25, 0.3) is 21.5 Å². The Bertz CT molecular complexity index is 1210. The van der Waals surface area contributed by atoms with E-state index in [1.807, 2.05) is 36.6 Å². The Kier molecular flexibility index (Phi) is 4.56. The number of hydrogen-bond donors (Lipinski definition) is 1. The third-order valence-electron chi connectivity index (χ3n) is 5.10. The van der Waals surface area contributed by atoms with Crippen molar-refractivity contribution in [3.8, 4) is 11.3 Å². The average molecular weight is 421 g/mol. The summed E-state index contributed by atoms with van der Waals surface area (Å²) in [7, 11) is 0. The summed E-state index contributed by atoms with van der Waals surface area (Å²) in [5, 5.41) is 7.13. The van der Waals surface area contributed by atoms with Crippen LogP contribution in [-0.4, -0.2) is 29.0 Å². The van der Waals surface area contributed by atoms with Crippen LogP contribution >= 0.6 is 22.7 Å². The average Bonchev–Trinajstić information content (AvgIpc) is 3.26. The second kappa shape index (κ2) is 7.24. The Morgan fingerprint density at radius 3 is 2.79 bits per heavy atom. The van der Waals surface area contributed by atoms with Crippen LogP contribution in [0.15, 0.2) is 47.8 Å². The highest BCUT2D eigenvalue weighted by molar-refractivity contribution is 7.22. The highest BCUT2D eigenvalue weighted by Gasteiger charge is 2.34. The lowest BCUT2D eigenvalue weighted by molar-refractivity contribution is -0.120. The third kappa shape index (κ3) is 3.63. The monoisotopic (exact) mass is 420 g/mol. The second-order valence-corrected chi connectivity index (χ2v) is 9.46. The molecule has 3 heterocycles. The molecule has 1 fully saturated rings. The van der Waals surface area contributed by atoms with Gasteiger partial charge in [-0.1, -0.05) is 29.5 Å². The van der Waals surface area contributed by atoms with Gasteiger partial charge in [-0.15, -0.1) is 11.3 Å². The van der Waals surface area contributed by atoms with Crippen LogP contribution in [-0.2, 0) is 4.79 Å². The zero-order valence-corrected chi connectivity index (χ0v) is 17.8. The topological polar surface area (TPSA) is 58.1 Å². The van der Waals surface area contributed by atoms with Crippen LogP contribution in [0, 0.1) is 19.8 Å². The number of thiazole rings is 2. The first-order chi connectivity index (χ1) is 14.0. The van der Waals surface area contributed by atoms with E-state index in [1.165, 1.54) is 10.3 Å². The Morgan fingerprint density at radius 1 is 1.14 bits per heavy atom. The molecule has 1 amide bonds. The summed E-state index contributed by atoms with van der Waals surface area (Å²) >= 11 is 3.32. The number of amides is 1. The van der Waals surface area contributed by atoms with Crippen molar-refractivity contribution in [2.45, 2.75) is 13.8 Å². The Labute approximate surface area is 177 Å². The van der Waals surface area contributed by atoms with Gasteiger partial charge in [0, 0.05) is 29.7 Å². The molecular formula is C22H20N4OS2. The maximum Gasteiger partial charge on any atom is 0.231 e. The first-order valence-electron chi connectivity index (χ1n) is 9.51. The van der Waals surface area contributed by atoms with Crippen LogP contribution in [0.3, 0.4) is 0 Å². The van der Waals surface area contributed by atoms with Crippen molar-refractivity contribution in [2.24, 2.45) is 5.92 Å². The number of fused-ring (bicyclic) bond motifs is 1. The first kappa shape index (κ1) is 18.3. The molecule has 146 valence electrons. The maximum absolute atomic E-state index is 12.7. The van der Waals surface area contributed by atoms with Gasteiger partial charge in [-0.05, 0) is 43.7 Å². The summed E-state index contributed by atoms with van der Waals surface area (Å²) in [5.41, 5.74) is 5.05. The van der Waals surface area contributed by atoms with Gasteiger partial charge in [-0.3, -0.25) is 4.79 Å². The molecule has 1 saturated heterocycles. The van der Waals surface area contributed by atoms with Gasteiger partial charge in [0.25, 0.3) is 0 Å². The van der Waals surface area contributed by atoms with Crippen molar-refractivity contribution in [3.05, 3.63) is 58.4 Å². The minimum absolute atomic E-state index is 0.0195. The number of carbonyl (C=O) groups is 1. The lowest BCUT2D eigenvalue weighted by Crippen LogP contribution is -2.52. The summed E-state index contributed by atoms with van der Waals surface area (Å²) in [6, 6.07) is 14.2. The predicted molar refractivity (Wildman–Crippen MR) is 121 cm³/mol. The lowest BCUT2D eigenvalue weighted by atomic mass is 10.00. The van der Waals surface area contributed by atoms with E-state index in [0.29, 0.717) is 13.1 Å². The van der Waals surface area contributed by atoms with E-state index < -0.39 is 0 Å². The lowest BCUT2D eigenvalue weighted by Gasteiger charge is -2.37. The van der Waals surface area contributed by atoms with Crippen molar-refractivity contribution in [2.75, 3.05) is 23.3 Å². The molecule has 0 unspecified atom stereocenters. The first-order valence-corrected chi connectivity index (χ1v) is 11.2. The van der Waals surface area contributed by atoms with Crippen molar-refractivity contribution < 1.29 is 4.79 Å². The van der Waals surface area contributed by atoms with Gasteiger partial charge in [-0.2, -0.15) is 0 Å². The van der Waals surface area contributed by atoms with Crippen molar-refractivity contribution in [1.82, 2.24) is 9.97 Å². The summed E-state index contributed by atoms with van der Waals surface area (Å²) in [6.45, 7) is 5.49. The number of aryl methyl sites for hydroxylation is 2. The van der Waals surface area contributed by atoms with E-state index in [1.54, 1.807) is 22.7 Å². The molecule has 4 aromatic rings. The number of benzene rings is 2. The molecule has 5 nitrogen and oxygen atoms in total. The van der Waals surface area contributed by atoms with Gasteiger partial charge in [0.05, 0.1) is 26.8 Å². The largest absolute Gasteiger partial charge is 0.346 e. The summed E-state index contributed by atoms with van der Waals surface area (Å²) in [6.07, 6.45) is 0. The molecule has 0 radical (unpaired) electrons. The fraction of sp³-hybridized carbons (Fsp3) is 0.227. The van der Waals surface area contributed by atoms with E-state index >= 15 is 0 Å². The smallest absolute Gasteiger partial charge is 0.231 e. The molecule has 0 atom stereocenters. The number of aromatic nitrogens is 2. The van der Waals surface area contributed by atoms with Gasteiger partial charge in [-0.25, -0.2) is 9.97 Å². The Morgan fingerprint density at radius 2 is 2.00 bits per heavy atom. The molecule has 0 aliphatic carbocycles. The maximum atomic E-state index is 12.7. The molecule has 2 aromatic carbocycles. The predicted octanol–water partition coefficient (Wildman–Crippen LogP) is 5.11. The molecule has 29 heavy (non-hydrogen) atoms. The fourth-order valence-electron chi connectivity index (χ4n) is 3.45. The van der Waals surface area contributed by atoms with Gasteiger partial charge in [0.1, 0.15) is 0 Å². The summed E-state index contributed by atoms with van der Waals surface area (Å²) in [5.74, 6) is 0.0405. The van der Waals surface area contributed by atoms with Gasteiger partial charge < -0.3 is 10.2 Å².